The van der Waals surface area contributed by atoms with E-state index in [0.717, 1.165) is 30.5 Å². The van der Waals surface area contributed by atoms with Gasteiger partial charge in [0.1, 0.15) is 0 Å². The van der Waals surface area contributed by atoms with Crippen LogP contribution in [0.15, 0.2) is 48.7 Å². The van der Waals surface area contributed by atoms with E-state index in [1.54, 1.807) is 6.20 Å². The molecule has 2 saturated heterocycles. The fraction of sp³-hybridized carbons (Fsp3) is 0.368. The minimum Gasteiger partial charge on any atom is -0.374 e. The largest absolute Gasteiger partial charge is 0.374 e. The number of carbonyl (C=O) groups excluding carboxylic acids is 1. The van der Waals surface area contributed by atoms with Crippen LogP contribution in [0.2, 0.25) is 5.02 Å². The third-order valence-electron chi connectivity index (χ3n) is 4.89. The van der Waals surface area contributed by atoms with Gasteiger partial charge < -0.3 is 10.1 Å². The summed E-state index contributed by atoms with van der Waals surface area (Å²) in [5.41, 5.74) is 1.73. The molecule has 0 radical (unpaired) electrons. The Balaban J connectivity index is 1.60. The maximum absolute atomic E-state index is 12.8. The predicted octanol–water partition coefficient (Wildman–Crippen LogP) is 3.51. The van der Waals surface area contributed by atoms with Crippen LogP contribution in [0.5, 0.6) is 0 Å². The highest BCUT2D eigenvalue weighted by molar-refractivity contribution is 6.30. The van der Waals surface area contributed by atoms with E-state index in [0.29, 0.717) is 5.02 Å². The van der Waals surface area contributed by atoms with Crippen molar-refractivity contribution in [2.45, 2.75) is 37.5 Å². The first kappa shape index (κ1) is 15.6. The third-order valence-corrected chi connectivity index (χ3v) is 5.13. The molecule has 124 valence electrons. The molecule has 4 atom stereocenters. The van der Waals surface area contributed by atoms with Gasteiger partial charge in [-0.1, -0.05) is 29.8 Å². The Hall–Kier alpha value is -1.91. The molecule has 2 bridgehead atoms. The summed E-state index contributed by atoms with van der Waals surface area (Å²) in [5, 5.41) is 3.81. The lowest BCUT2D eigenvalue weighted by Gasteiger charge is -2.24. The molecular weight excluding hydrogens is 324 g/mol. The van der Waals surface area contributed by atoms with Gasteiger partial charge in [-0.2, -0.15) is 0 Å². The molecule has 2 aliphatic heterocycles. The van der Waals surface area contributed by atoms with Crippen molar-refractivity contribution in [3.05, 3.63) is 64.9 Å². The summed E-state index contributed by atoms with van der Waals surface area (Å²) in [6.07, 6.45) is 4.94. The Morgan fingerprint density at radius 1 is 1.25 bits per heavy atom. The molecule has 3 heterocycles. The summed E-state index contributed by atoms with van der Waals surface area (Å²) in [6.45, 7) is 0. The highest BCUT2D eigenvalue weighted by atomic mass is 35.5. The van der Waals surface area contributed by atoms with Gasteiger partial charge in [-0.15, -0.1) is 0 Å². The van der Waals surface area contributed by atoms with Crippen molar-refractivity contribution >= 4 is 17.5 Å². The molecule has 0 aliphatic carbocycles. The number of rotatable bonds is 4. The SMILES string of the molecule is O=C(N[C@@H](c1cccc(Cl)c1)c1ccccn1)[C@@H]1C[C@H]2CC[C@H]1O2. The van der Waals surface area contributed by atoms with Crippen LogP contribution in [0.1, 0.15) is 36.6 Å². The van der Waals surface area contributed by atoms with Crippen molar-refractivity contribution < 1.29 is 9.53 Å². The third kappa shape index (κ3) is 3.04. The number of ether oxygens (including phenoxy) is 1. The summed E-state index contributed by atoms with van der Waals surface area (Å²) in [7, 11) is 0. The van der Waals surface area contributed by atoms with Crippen molar-refractivity contribution in [2.24, 2.45) is 5.92 Å². The van der Waals surface area contributed by atoms with Gasteiger partial charge in [0.25, 0.3) is 0 Å². The maximum Gasteiger partial charge on any atom is 0.226 e. The summed E-state index contributed by atoms with van der Waals surface area (Å²) < 4.78 is 5.82. The smallest absolute Gasteiger partial charge is 0.226 e. The van der Waals surface area contributed by atoms with E-state index in [2.05, 4.69) is 10.3 Å². The van der Waals surface area contributed by atoms with Gasteiger partial charge in [0.05, 0.1) is 29.9 Å². The first-order valence-electron chi connectivity index (χ1n) is 8.33. The van der Waals surface area contributed by atoms with E-state index >= 15 is 0 Å². The lowest BCUT2D eigenvalue weighted by atomic mass is 9.88. The van der Waals surface area contributed by atoms with Crippen molar-refractivity contribution in [3.63, 3.8) is 0 Å². The van der Waals surface area contributed by atoms with E-state index in [9.17, 15) is 4.79 Å². The molecule has 1 amide bonds. The number of fused-ring (bicyclic) bond motifs is 2. The fourth-order valence-corrected chi connectivity index (χ4v) is 3.92. The topological polar surface area (TPSA) is 51.2 Å². The van der Waals surface area contributed by atoms with Gasteiger partial charge in [0, 0.05) is 11.2 Å². The van der Waals surface area contributed by atoms with Crippen LogP contribution in [-0.4, -0.2) is 23.1 Å². The highest BCUT2D eigenvalue weighted by Crippen LogP contribution is 2.39. The second-order valence-corrected chi connectivity index (χ2v) is 6.90. The lowest BCUT2D eigenvalue weighted by Crippen LogP contribution is -2.38. The van der Waals surface area contributed by atoms with E-state index in [1.165, 1.54) is 0 Å². The van der Waals surface area contributed by atoms with Crippen molar-refractivity contribution in [1.82, 2.24) is 10.3 Å². The number of nitrogens with zero attached hydrogens (tertiary/aromatic N) is 1. The summed E-state index contributed by atoms with van der Waals surface area (Å²) in [4.78, 5) is 17.2. The monoisotopic (exact) mass is 342 g/mol. The zero-order chi connectivity index (χ0) is 16.5. The summed E-state index contributed by atoms with van der Waals surface area (Å²) >= 11 is 6.14. The van der Waals surface area contributed by atoms with Gasteiger partial charge in [-0.25, -0.2) is 0 Å². The molecule has 1 aromatic carbocycles. The predicted molar refractivity (Wildman–Crippen MR) is 91.7 cm³/mol. The second kappa shape index (κ2) is 6.54. The minimum atomic E-state index is -0.309. The van der Waals surface area contributed by atoms with E-state index in [1.807, 2.05) is 42.5 Å². The van der Waals surface area contributed by atoms with Crippen LogP contribution in [0.4, 0.5) is 0 Å². The zero-order valence-electron chi connectivity index (χ0n) is 13.2. The molecule has 2 fully saturated rings. The minimum absolute atomic E-state index is 0.0397. The Labute approximate surface area is 146 Å². The molecular formula is C19H19ClN2O2. The van der Waals surface area contributed by atoms with Crippen molar-refractivity contribution in [2.75, 3.05) is 0 Å². The average molecular weight is 343 g/mol. The summed E-state index contributed by atoms with van der Waals surface area (Å²) in [6, 6.07) is 12.9. The molecule has 4 nitrogen and oxygen atoms in total. The lowest BCUT2D eigenvalue weighted by molar-refractivity contribution is -0.127. The first-order valence-corrected chi connectivity index (χ1v) is 8.71. The first-order chi connectivity index (χ1) is 11.7. The van der Waals surface area contributed by atoms with Crippen LogP contribution in [0, 0.1) is 5.92 Å². The molecule has 2 aromatic rings. The Morgan fingerprint density at radius 2 is 2.17 bits per heavy atom. The number of pyridine rings is 1. The van der Waals surface area contributed by atoms with Gasteiger partial charge in [0.15, 0.2) is 0 Å². The molecule has 4 rings (SSSR count). The molecule has 24 heavy (non-hydrogen) atoms. The van der Waals surface area contributed by atoms with E-state index < -0.39 is 0 Å². The van der Waals surface area contributed by atoms with Gasteiger partial charge in [-0.05, 0) is 49.1 Å². The normalized spacial score (nSPS) is 26.3. The van der Waals surface area contributed by atoms with Crippen molar-refractivity contribution in [1.29, 1.82) is 0 Å². The quantitative estimate of drug-likeness (QED) is 0.925. The Kier molecular flexibility index (Phi) is 4.25. The number of aromatic nitrogens is 1. The molecule has 2 aliphatic rings. The van der Waals surface area contributed by atoms with E-state index in [4.69, 9.17) is 16.3 Å². The molecule has 0 unspecified atom stereocenters. The Bertz CT molecular complexity index is 737. The second-order valence-electron chi connectivity index (χ2n) is 6.47. The maximum atomic E-state index is 12.8. The molecule has 1 aromatic heterocycles. The van der Waals surface area contributed by atoms with Crippen LogP contribution in [0.25, 0.3) is 0 Å². The number of benzene rings is 1. The molecule has 5 heteroatoms. The number of hydrogen-bond acceptors (Lipinski definition) is 3. The standard InChI is InChI=1S/C19H19ClN2O2/c20-13-5-3-4-12(10-13)18(16-6-1-2-9-21-16)22-19(23)15-11-14-7-8-17(15)24-14/h1-6,9-10,14-15,17-18H,7-8,11H2,(H,22,23)/t14-,15-,17-,18+/m1/s1. The number of amides is 1. The van der Waals surface area contributed by atoms with Crippen LogP contribution < -0.4 is 5.32 Å². The van der Waals surface area contributed by atoms with Crippen molar-refractivity contribution in [3.8, 4) is 0 Å². The summed E-state index contributed by atoms with van der Waals surface area (Å²) in [5.74, 6) is -0.0213. The highest BCUT2D eigenvalue weighted by Gasteiger charge is 2.44. The van der Waals surface area contributed by atoms with Crippen LogP contribution in [-0.2, 0) is 9.53 Å². The number of nitrogens with one attached hydrogen (secondary N) is 1. The number of halogens is 1. The molecule has 0 spiro atoms. The Morgan fingerprint density at radius 3 is 2.83 bits per heavy atom. The zero-order valence-corrected chi connectivity index (χ0v) is 13.9. The van der Waals surface area contributed by atoms with Crippen LogP contribution in [0.3, 0.4) is 0 Å². The number of hydrogen-bond donors (Lipinski definition) is 1. The van der Waals surface area contributed by atoms with Gasteiger partial charge in [-0.3, -0.25) is 9.78 Å². The van der Waals surface area contributed by atoms with Gasteiger partial charge >= 0.3 is 0 Å². The molecule has 1 N–H and O–H groups in total. The molecule has 0 saturated carbocycles. The van der Waals surface area contributed by atoms with E-state index in [-0.39, 0.29) is 30.1 Å². The fourth-order valence-electron chi connectivity index (χ4n) is 3.72. The average Bonchev–Trinajstić information content (AvgIpc) is 3.23. The number of carbonyl (C=O) groups is 1. The van der Waals surface area contributed by atoms with Gasteiger partial charge in [0.2, 0.25) is 5.91 Å². The van der Waals surface area contributed by atoms with Crippen LogP contribution >= 0.6 is 11.6 Å².